The second-order valence-electron chi connectivity index (χ2n) is 10.8. The number of carbonyl (C=O) groups is 1. The van der Waals surface area contributed by atoms with Crippen molar-refractivity contribution in [1.82, 2.24) is 0 Å². The van der Waals surface area contributed by atoms with Crippen LogP contribution in [0.2, 0.25) is 5.04 Å². The average molecular weight is 546 g/mol. The summed E-state index contributed by atoms with van der Waals surface area (Å²) < 4.78 is 18.9. The molecular formula is C30H35N3O5Si. The smallest absolute Gasteiger partial charge is 0.338 e. The summed E-state index contributed by atoms with van der Waals surface area (Å²) in [6, 6.07) is 28.0. The molecule has 0 amide bonds. The number of esters is 1. The van der Waals surface area contributed by atoms with Gasteiger partial charge in [0.25, 0.3) is 8.32 Å². The molecule has 3 aromatic carbocycles. The van der Waals surface area contributed by atoms with Crippen LogP contribution >= 0.6 is 0 Å². The molecule has 39 heavy (non-hydrogen) atoms. The topological polar surface area (TPSA) is 114 Å². The number of nitrogens with zero attached hydrogens (tertiary/aromatic N) is 3. The van der Waals surface area contributed by atoms with Crippen molar-refractivity contribution in [3.8, 4) is 0 Å². The van der Waals surface area contributed by atoms with E-state index in [1.807, 2.05) is 36.4 Å². The third-order valence-corrected chi connectivity index (χ3v) is 12.2. The van der Waals surface area contributed by atoms with Gasteiger partial charge >= 0.3 is 5.97 Å². The molecule has 4 rings (SSSR count). The van der Waals surface area contributed by atoms with Gasteiger partial charge in [0, 0.05) is 4.91 Å². The Labute approximate surface area is 230 Å². The maximum absolute atomic E-state index is 12.9. The lowest BCUT2D eigenvalue weighted by Gasteiger charge is -2.46. The van der Waals surface area contributed by atoms with Crippen molar-refractivity contribution < 1.29 is 23.8 Å². The predicted molar refractivity (Wildman–Crippen MR) is 152 cm³/mol. The third kappa shape index (κ3) is 5.93. The van der Waals surface area contributed by atoms with Crippen molar-refractivity contribution in [2.24, 2.45) is 5.11 Å². The molecule has 5 atom stereocenters. The Morgan fingerprint density at radius 1 is 0.974 bits per heavy atom. The molecule has 1 aliphatic heterocycles. The lowest BCUT2D eigenvalue weighted by molar-refractivity contribution is -0.183. The first-order valence-electron chi connectivity index (χ1n) is 13.1. The molecule has 9 heteroatoms. The number of aliphatic hydroxyl groups is 1. The average Bonchev–Trinajstić information content (AvgIpc) is 2.94. The zero-order chi connectivity index (χ0) is 28.0. The molecule has 3 aromatic rings. The Balaban J connectivity index is 1.67. The Morgan fingerprint density at radius 3 is 1.97 bits per heavy atom. The normalized spacial score (nSPS) is 23.5. The van der Waals surface area contributed by atoms with Crippen LogP contribution in [0.15, 0.2) is 96.1 Å². The highest BCUT2D eigenvalue weighted by molar-refractivity contribution is 6.99. The summed E-state index contributed by atoms with van der Waals surface area (Å²) in [5, 5.41) is 17.2. The fourth-order valence-electron chi connectivity index (χ4n) is 5.35. The van der Waals surface area contributed by atoms with Gasteiger partial charge in [0.2, 0.25) is 0 Å². The van der Waals surface area contributed by atoms with Crippen molar-refractivity contribution >= 4 is 24.7 Å². The highest BCUT2D eigenvalue weighted by Gasteiger charge is 2.52. The molecule has 0 bridgehead atoms. The summed E-state index contributed by atoms with van der Waals surface area (Å²) in [6.07, 6.45) is -3.82. The van der Waals surface area contributed by atoms with Gasteiger partial charge in [0.05, 0.1) is 18.3 Å². The standard InChI is InChI=1S/C30H35N3O5Si/c1-21-26(32-33-31)28(38-29(35)22-14-8-5-9-15-22)27(34)25(37-21)20-36-39(30(2,3)4,23-16-10-6-11-17-23)24-18-12-7-13-19-24/h5-19,21,25-28,34H,20H2,1-4H3/t21-,25?,26?,27-,28+/m0/s1. The molecule has 1 heterocycles. The van der Waals surface area contributed by atoms with Crippen LogP contribution in [0.3, 0.4) is 0 Å². The van der Waals surface area contributed by atoms with Gasteiger partial charge in [-0.1, -0.05) is 105 Å². The Kier molecular flexibility index (Phi) is 8.89. The van der Waals surface area contributed by atoms with E-state index in [1.54, 1.807) is 37.3 Å². The van der Waals surface area contributed by atoms with Crippen LogP contribution < -0.4 is 10.4 Å². The number of ether oxygens (including phenoxy) is 2. The predicted octanol–water partition coefficient (Wildman–Crippen LogP) is 4.62. The summed E-state index contributed by atoms with van der Waals surface area (Å²) >= 11 is 0. The molecule has 1 aliphatic rings. The molecule has 1 fully saturated rings. The SMILES string of the molecule is C[C@@H]1OC(CO[Si](c2ccccc2)(c2ccccc2)C(C)(C)C)[C@H](O)[C@H](OC(=O)c2ccccc2)C1N=[N+]=[N-]. The number of benzene rings is 3. The molecule has 2 unspecified atom stereocenters. The fraction of sp³-hybridized carbons (Fsp3) is 0.367. The molecule has 1 N–H and O–H groups in total. The van der Waals surface area contributed by atoms with Crippen LogP contribution in [-0.4, -0.2) is 56.5 Å². The molecule has 204 valence electrons. The van der Waals surface area contributed by atoms with E-state index < -0.39 is 44.7 Å². The Bertz CT molecular complexity index is 1240. The number of rotatable bonds is 8. The third-order valence-electron chi connectivity index (χ3n) is 7.24. The number of aliphatic hydroxyl groups excluding tert-OH is 1. The first-order valence-corrected chi connectivity index (χ1v) is 15.0. The van der Waals surface area contributed by atoms with E-state index in [9.17, 15) is 15.4 Å². The van der Waals surface area contributed by atoms with E-state index in [0.29, 0.717) is 5.56 Å². The highest BCUT2D eigenvalue weighted by Crippen LogP contribution is 2.37. The summed E-state index contributed by atoms with van der Waals surface area (Å²) in [5.74, 6) is -0.612. The van der Waals surface area contributed by atoms with Gasteiger partial charge < -0.3 is 19.0 Å². The second-order valence-corrected chi connectivity index (χ2v) is 15.1. The quantitative estimate of drug-likeness (QED) is 0.146. The van der Waals surface area contributed by atoms with Crippen molar-refractivity contribution in [3.05, 3.63) is 107 Å². The maximum atomic E-state index is 12.9. The van der Waals surface area contributed by atoms with Crippen LogP contribution in [-0.2, 0) is 13.9 Å². The van der Waals surface area contributed by atoms with E-state index in [1.165, 1.54) is 0 Å². The van der Waals surface area contributed by atoms with Crippen LogP contribution in [0.5, 0.6) is 0 Å². The number of hydrogen-bond acceptors (Lipinski definition) is 6. The summed E-state index contributed by atoms with van der Waals surface area (Å²) in [4.78, 5) is 15.8. The Morgan fingerprint density at radius 2 is 1.49 bits per heavy atom. The van der Waals surface area contributed by atoms with Gasteiger partial charge in [-0.25, -0.2) is 4.79 Å². The monoisotopic (exact) mass is 545 g/mol. The highest BCUT2D eigenvalue weighted by atomic mass is 28.4. The van der Waals surface area contributed by atoms with E-state index in [2.05, 4.69) is 55.1 Å². The summed E-state index contributed by atoms with van der Waals surface area (Å²) in [5.41, 5.74) is 9.51. The second kappa shape index (κ2) is 12.2. The zero-order valence-electron chi connectivity index (χ0n) is 22.7. The van der Waals surface area contributed by atoms with Crippen LogP contribution in [0, 0.1) is 0 Å². The van der Waals surface area contributed by atoms with Gasteiger partial charge in [-0.2, -0.15) is 0 Å². The van der Waals surface area contributed by atoms with Crippen molar-refractivity contribution in [1.29, 1.82) is 0 Å². The molecular weight excluding hydrogens is 510 g/mol. The van der Waals surface area contributed by atoms with Crippen molar-refractivity contribution in [2.45, 2.75) is 63.2 Å². The first-order chi connectivity index (χ1) is 18.7. The minimum Gasteiger partial charge on any atom is -0.455 e. The summed E-state index contributed by atoms with van der Waals surface area (Å²) in [7, 11) is -2.90. The van der Waals surface area contributed by atoms with Crippen molar-refractivity contribution in [3.63, 3.8) is 0 Å². The van der Waals surface area contributed by atoms with Crippen LogP contribution in [0.4, 0.5) is 0 Å². The van der Waals surface area contributed by atoms with Gasteiger partial charge in [-0.15, -0.1) is 0 Å². The molecule has 0 saturated carbocycles. The number of azide groups is 1. The molecule has 0 radical (unpaired) electrons. The lowest BCUT2D eigenvalue weighted by Crippen LogP contribution is -2.68. The molecule has 0 aliphatic carbocycles. The summed E-state index contributed by atoms with van der Waals surface area (Å²) in [6.45, 7) is 8.30. The maximum Gasteiger partial charge on any atom is 0.338 e. The van der Waals surface area contributed by atoms with Gasteiger partial charge in [-0.3, -0.25) is 0 Å². The van der Waals surface area contributed by atoms with Gasteiger partial charge in [0.15, 0.2) is 0 Å². The van der Waals surface area contributed by atoms with Crippen LogP contribution in [0.25, 0.3) is 10.4 Å². The molecule has 1 saturated heterocycles. The van der Waals surface area contributed by atoms with E-state index in [-0.39, 0.29) is 11.6 Å². The Hall–Kier alpha value is -3.46. The minimum atomic E-state index is -2.90. The van der Waals surface area contributed by atoms with E-state index in [0.717, 1.165) is 10.4 Å². The number of hydrogen-bond donors (Lipinski definition) is 1. The molecule has 8 nitrogen and oxygen atoms in total. The molecule has 0 aromatic heterocycles. The van der Waals surface area contributed by atoms with Gasteiger partial charge in [0.1, 0.15) is 24.4 Å². The zero-order valence-corrected chi connectivity index (χ0v) is 23.7. The molecule has 0 spiro atoms. The van der Waals surface area contributed by atoms with Crippen molar-refractivity contribution in [2.75, 3.05) is 6.61 Å². The van der Waals surface area contributed by atoms with E-state index in [4.69, 9.17) is 13.9 Å². The minimum absolute atomic E-state index is 0.0567. The van der Waals surface area contributed by atoms with E-state index >= 15 is 0 Å². The number of carbonyl (C=O) groups excluding carboxylic acids is 1. The van der Waals surface area contributed by atoms with Gasteiger partial charge in [-0.05, 0) is 40.0 Å². The largest absolute Gasteiger partial charge is 0.455 e. The lowest BCUT2D eigenvalue weighted by atomic mass is 9.94. The first kappa shape index (κ1) is 28.5. The fourth-order valence-corrected chi connectivity index (χ4v) is 9.92. The van der Waals surface area contributed by atoms with Crippen LogP contribution in [0.1, 0.15) is 38.1 Å².